The number of unbranched alkanes of at least 4 members (excludes halogenated alkanes) is 1. The number of carbonyl (C=O) groups excluding carboxylic acids is 1. The fourth-order valence-electron chi connectivity index (χ4n) is 3.74. The zero-order valence-corrected chi connectivity index (χ0v) is 19.4. The molecule has 1 fully saturated rings. The molecule has 168 valence electrons. The van der Waals surface area contributed by atoms with E-state index in [1.54, 1.807) is 18.3 Å². The predicted molar refractivity (Wildman–Crippen MR) is 123 cm³/mol. The van der Waals surface area contributed by atoms with Crippen molar-refractivity contribution in [1.82, 2.24) is 14.8 Å². The summed E-state index contributed by atoms with van der Waals surface area (Å²) in [5.41, 5.74) is 1.72. The first kappa shape index (κ1) is 23.4. The summed E-state index contributed by atoms with van der Waals surface area (Å²) in [5, 5.41) is 0.411. The van der Waals surface area contributed by atoms with Crippen LogP contribution in [0.1, 0.15) is 55.6 Å². The molecule has 6 nitrogen and oxygen atoms in total. The molecule has 1 atom stereocenters. The number of nitrogens with zero attached hydrogens (tertiary/aromatic N) is 3. The van der Waals surface area contributed by atoms with E-state index < -0.39 is 0 Å². The van der Waals surface area contributed by atoms with E-state index in [-0.39, 0.29) is 11.9 Å². The van der Waals surface area contributed by atoms with Crippen LogP contribution in [0.5, 0.6) is 11.5 Å². The molecule has 2 aromatic rings. The monoisotopic (exact) mass is 445 g/mol. The number of halogens is 1. The second-order valence-corrected chi connectivity index (χ2v) is 8.12. The Labute approximate surface area is 190 Å². The lowest BCUT2D eigenvalue weighted by Crippen LogP contribution is -2.49. The second kappa shape index (κ2) is 11.3. The number of benzene rings is 1. The number of carbonyl (C=O) groups is 1. The molecule has 31 heavy (non-hydrogen) atoms. The van der Waals surface area contributed by atoms with Crippen LogP contribution in [-0.2, 0) is 0 Å². The zero-order valence-electron chi connectivity index (χ0n) is 18.6. The van der Waals surface area contributed by atoms with Crippen molar-refractivity contribution in [2.75, 3.05) is 39.4 Å². The van der Waals surface area contributed by atoms with Gasteiger partial charge in [-0.05, 0) is 44.0 Å². The molecule has 1 amide bonds. The van der Waals surface area contributed by atoms with Gasteiger partial charge in [-0.25, -0.2) is 0 Å². The Morgan fingerprint density at radius 2 is 1.97 bits per heavy atom. The molecule has 0 saturated carbocycles. The molecule has 0 spiro atoms. The molecule has 1 unspecified atom stereocenters. The first-order valence-corrected chi connectivity index (χ1v) is 11.4. The smallest absolute Gasteiger partial charge is 0.254 e. The van der Waals surface area contributed by atoms with Gasteiger partial charge in [-0.3, -0.25) is 14.7 Å². The van der Waals surface area contributed by atoms with Gasteiger partial charge in [0.15, 0.2) is 11.5 Å². The van der Waals surface area contributed by atoms with Crippen LogP contribution in [0.2, 0.25) is 5.02 Å². The van der Waals surface area contributed by atoms with Gasteiger partial charge in [0.1, 0.15) is 0 Å². The highest BCUT2D eigenvalue weighted by Gasteiger charge is 2.27. The summed E-state index contributed by atoms with van der Waals surface area (Å²) < 4.78 is 11.6. The Hall–Kier alpha value is -2.31. The average molecular weight is 446 g/mol. The summed E-state index contributed by atoms with van der Waals surface area (Å²) in [6.45, 7) is 10.2. The number of piperazine rings is 1. The third-order valence-electron chi connectivity index (χ3n) is 5.62. The SMILES string of the molecule is CCCCOc1c(Cl)cc(C(=O)N2CCN(C(C)c3cccnc3)CC2)cc1OCC. The highest BCUT2D eigenvalue weighted by molar-refractivity contribution is 6.32. The van der Waals surface area contributed by atoms with Gasteiger partial charge in [0.2, 0.25) is 0 Å². The lowest BCUT2D eigenvalue weighted by molar-refractivity contribution is 0.0581. The van der Waals surface area contributed by atoms with Crippen LogP contribution in [0.15, 0.2) is 36.7 Å². The molecule has 1 aliphatic heterocycles. The molecular weight excluding hydrogens is 414 g/mol. The maximum atomic E-state index is 13.2. The van der Waals surface area contributed by atoms with Crippen molar-refractivity contribution in [3.63, 3.8) is 0 Å². The normalized spacial score (nSPS) is 15.5. The highest BCUT2D eigenvalue weighted by atomic mass is 35.5. The van der Waals surface area contributed by atoms with Crippen LogP contribution in [0.25, 0.3) is 0 Å². The van der Waals surface area contributed by atoms with E-state index >= 15 is 0 Å². The van der Waals surface area contributed by atoms with Crippen molar-refractivity contribution in [1.29, 1.82) is 0 Å². The molecule has 1 aromatic heterocycles. The lowest BCUT2D eigenvalue weighted by Gasteiger charge is -2.38. The van der Waals surface area contributed by atoms with E-state index in [2.05, 4.69) is 29.8 Å². The molecule has 0 radical (unpaired) electrons. The summed E-state index contributed by atoms with van der Waals surface area (Å²) >= 11 is 6.47. The van der Waals surface area contributed by atoms with Gasteiger partial charge in [0.25, 0.3) is 5.91 Å². The fraction of sp³-hybridized carbons (Fsp3) is 0.500. The van der Waals surface area contributed by atoms with Crippen molar-refractivity contribution in [3.05, 3.63) is 52.8 Å². The molecule has 2 heterocycles. The summed E-state index contributed by atoms with van der Waals surface area (Å²) in [6.07, 6.45) is 5.66. The van der Waals surface area contributed by atoms with Crippen LogP contribution >= 0.6 is 11.6 Å². The predicted octanol–water partition coefficient (Wildman–Crippen LogP) is 4.83. The van der Waals surface area contributed by atoms with Crippen molar-refractivity contribution in [3.8, 4) is 11.5 Å². The van der Waals surface area contributed by atoms with Gasteiger partial charge < -0.3 is 14.4 Å². The lowest BCUT2D eigenvalue weighted by atomic mass is 10.1. The maximum Gasteiger partial charge on any atom is 0.254 e. The summed E-state index contributed by atoms with van der Waals surface area (Å²) in [6, 6.07) is 7.77. The maximum absolute atomic E-state index is 13.2. The minimum atomic E-state index is -0.0309. The number of aromatic nitrogens is 1. The zero-order chi connectivity index (χ0) is 22.2. The minimum absolute atomic E-state index is 0.0309. The topological polar surface area (TPSA) is 54.9 Å². The van der Waals surface area contributed by atoms with Crippen LogP contribution in [-0.4, -0.2) is 60.1 Å². The summed E-state index contributed by atoms with van der Waals surface area (Å²) in [4.78, 5) is 21.6. The Balaban J connectivity index is 1.67. The Morgan fingerprint density at radius 1 is 1.19 bits per heavy atom. The van der Waals surface area contributed by atoms with Gasteiger partial charge in [-0.2, -0.15) is 0 Å². The number of ether oxygens (including phenoxy) is 2. The van der Waals surface area contributed by atoms with E-state index in [9.17, 15) is 4.79 Å². The number of hydrogen-bond acceptors (Lipinski definition) is 5. The Kier molecular flexibility index (Phi) is 8.55. The van der Waals surface area contributed by atoms with Crippen LogP contribution < -0.4 is 9.47 Å². The van der Waals surface area contributed by atoms with E-state index in [1.807, 2.05) is 24.1 Å². The standard InChI is InChI=1S/C24H32ClN3O3/c1-4-6-14-31-23-21(25)15-20(16-22(23)30-5-2)24(29)28-12-10-27(11-13-28)18(3)19-8-7-9-26-17-19/h7-9,15-18H,4-6,10-14H2,1-3H3. The molecular formula is C24H32ClN3O3. The van der Waals surface area contributed by atoms with Crippen molar-refractivity contribution in [2.45, 2.75) is 39.7 Å². The van der Waals surface area contributed by atoms with Crippen LogP contribution in [0.3, 0.4) is 0 Å². The number of rotatable bonds is 9. The number of hydrogen-bond donors (Lipinski definition) is 0. The molecule has 1 saturated heterocycles. The molecule has 3 rings (SSSR count). The quantitative estimate of drug-likeness (QED) is 0.517. The first-order chi connectivity index (χ1) is 15.0. The van der Waals surface area contributed by atoms with E-state index in [0.717, 1.165) is 25.9 Å². The van der Waals surface area contributed by atoms with Crippen molar-refractivity contribution >= 4 is 17.5 Å². The highest BCUT2D eigenvalue weighted by Crippen LogP contribution is 2.37. The fourth-order valence-corrected chi connectivity index (χ4v) is 4.01. The largest absolute Gasteiger partial charge is 0.490 e. The van der Waals surface area contributed by atoms with E-state index in [1.165, 1.54) is 5.56 Å². The second-order valence-electron chi connectivity index (χ2n) is 7.71. The summed E-state index contributed by atoms with van der Waals surface area (Å²) in [7, 11) is 0. The van der Waals surface area contributed by atoms with E-state index in [0.29, 0.717) is 48.4 Å². The van der Waals surface area contributed by atoms with E-state index in [4.69, 9.17) is 21.1 Å². The summed E-state index contributed by atoms with van der Waals surface area (Å²) in [5.74, 6) is 1.01. The Morgan fingerprint density at radius 3 is 2.61 bits per heavy atom. The first-order valence-electron chi connectivity index (χ1n) is 11.1. The number of amides is 1. The van der Waals surface area contributed by atoms with Crippen molar-refractivity contribution < 1.29 is 14.3 Å². The molecule has 1 aromatic carbocycles. The number of pyridine rings is 1. The van der Waals surface area contributed by atoms with Gasteiger partial charge in [0.05, 0.1) is 18.2 Å². The Bertz CT molecular complexity index is 855. The van der Waals surface area contributed by atoms with Crippen LogP contribution in [0.4, 0.5) is 0 Å². The van der Waals surface area contributed by atoms with Crippen molar-refractivity contribution in [2.24, 2.45) is 0 Å². The molecule has 0 N–H and O–H groups in total. The third kappa shape index (κ3) is 5.89. The van der Waals surface area contributed by atoms with Gasteiger partial charge in [0, 0.05) is 50.2 Å². The molecule has 7 heteroatoms. The molecule has 1 aliphatic rings. The molecule has 0 aliphatic carbocycles. The van der Waals surface area contributed by atoms with Gasteiger partial charge in [-0.1, -0.05) is 31.0 Å². The van der Waals surface area contributed by atoms with Gasteiger partial charge in [-0.15, -0.1) is 0 Å². The third-order valence-corrected chi connectivity index (χ3v) is 5.90. The molecule has 0 bridgehead atoms. The minimum Gasteiger partial charge on any atom is -0.490 e. The van der Waals surface area contributed by atoms with Crippen LogP contribution in [0, 0.1) is 0 Å². The van der Waals surface area contributed by atoms with Gasteiger partial charge >= 0.3 is 0 Å². The average Bonchev–Trinajstić information content (AvgIpc) is 2.80.